The molecular formula is C41H41Cl2N3O5S. The number of nitrogens with one attached hydrogen (secondary N) is 1. The number of para-hydroxylation sites is 1. The Bertz CT molecular complexity index is 2060. The van der Waals surface area contributed by atoms with Crippen molar-refractivity contribution in [2.24, 2.45) is 0 Å². The van der Waals surface area contributed by atoms with E-state index in [1.807, 2.05) is 81.4 Å². The Balaban J connectivity index is 1.58. The summed E-state index contributed by atoms with van der Waals surface area (Å²) in [7, 11) is -4.28. The van der Waals surface area contributed by atoms with Crippen molar-refractivity contribution in [3.63, 3.8) is 0 Å². The summed E-state index contributed by atoms with van der Waals surface area (Å²) in [6, 6.07) is 35.2. The molecule has 0 fully saturated rings. The third kappa shape index (κ3) is 9.94. The van der Waals surface area contributed by atoms with Crippen molar-refractivity contribution >= 4 is 50.7 Å². The molecule has 0 saturated carbocycles. The van der Waals surface area contributed by atoms with E-state index >= 15 is 0 Å². The molecule has 8 nitrogen and oxygen atoms in total. The maximum absolute atomic E-state index is 14.8. The highest BCUT2D eigenvalue weighted by atomic mass is 35.5. The van der Waals surface area contributed by atoms with Gasteiger partial charge in [0.1, 0.15) is 24.1 Å². The van der Waals surface area contributed by atoms with Crippen LogP contribution in [0.4, 0.5) is 5.69 Å². The fourth-order valence-corrected chi connectivity index (χ4v) is 7.38. The summed E-state index contributed by atoms with van der Waals surface area (Å²) in [6.45, 7) is 5.02. The standard InChI is InChI=1S/C41H41Cl2N3O5S/c1-4-30(3)44-41(48)39(25-31-11-7-5-8-12-31)45(27-32-17-18-33(42)26-38(32)43)40(47)28-46(52(49,50)37-23-15-29(2)16-24-37)34-19-21-36(22-20-34)51-35-13-9-6-10-14-35/h5-24,26,30,39H,4,25,27-28H2,1-3H3,(H,44,48)/t30-,39+/m0/s1. The van der Waals surface area contributed by atoms with Crippen molar-refractivity contribution in [3.8, 4) is 11.5 Å². The first-order chi connectivity index (χ1) is 24.9. The molecule has 0 spiro atoms. The number of nitrogens with zero attached hydrogens (tertiary/aromatic N) is 2. The Morgan fingerprint density at radius 3 is 2.04 bits per heavy atom. The lowest BCUT2D eigenvalue weighted by Crippen LogP contribution is -2.54. The molecule has 0 bridgehead atoms. The van der Waals surface area contributed by atoms with Crippen LogP contribution in [0.15, 0.2) is 132 Å². The van der Waals surface area contributed by atoms with E-state index in [4.69, 9.17) is 27.9 Å². The van der Waals surface area contributed by atoms with E-state index in [1.54, 1.807) is 54.6 Å². The van der Waals surface area contributed by atoms with Gasteiger partial charge in [-0.3, -0.25) is 13.9 Å². The number of aryl methyl sites for hydroxylation is 1. The maximum Gasteiger partial charge on any atom is 0.264 e. The van der Waals surface area contributed by atoms with Crippen LogP contribution in [0.1, 0.15) is 37.0 Å². The van der Waals surface area contributed by atoms with E-state index in [9.17, 15) is 18.0 Å². The number of benzene rings is 5. The van der Waals surface area contributed by atoms with Gasteiger partial charge in [-0.1, -0.05) is 102 Å². The predicted octanol–water partition coefficient (Wildman–Crippen LogP) is 8.84. The number of carbonyl (C=O) groups excluding carboxylic acids is 2. The molecule has 52 heavy (non-hydrogen) atoms. The average Bonchev–Trinajstić information content (AvgIpc) is 3.14. The summed E-state index contributed by atoms with van der Waals surface area (Å²) in [5.41, 5.74) is 2.49. The van der Waals surface area contributed by atoms with E-state index in [1.165, 1.54) is 17.0 Å². The lowest BCUT2D eigenvalue weighted by molar-refractivity contribution is -0.140. The molecule has 5 aromatic carbocycles. The van der Waals surface area contributed by atoms with Crippen LogP contribution in [-0.2, 0) is 32.6 Å². The molecule has 0 heterocycles. The first kappa shape index (κ1) is 38.4. The van der Waals surface area contributed by atoms with Gasteiger partial charge in [0.25, 0.3) is 10.0 Å². The molecule has 0 aromatic heterocycles. The number of hydrogen-bond donors (Lipinski definition) is 1. The highest BCUT2D eigenvalue weighted by Crippen LogP contribution is 2.30. The van der Waals surface area contributed by atoms with Crippen LogP contribution in [0.25, 0.3) is 0 Å². The second-order valence-corrected chi connectivity index (χ2v) is 15.2. The molecule has 5 aromatic rings. The zero-order valence-corrected chi connectivity index (χ0v) is 31.5. The van der Waals surface area contributed by atoms with Gasteiger partial charge in [-0.2, -0.15) is 0 Å². The second-order valence-electron chi connectivity index (χ2n) is 12.5. The number of anilines is 1. The van der Waals surface area contributed by atoms with Crippen molar-refractivity contribution in [2.75, 3.05) is 10.8 Å². The zero-order chi connectivity index (χ0) is 37.3. The van der Waals surface area contributed by atoms with Crippen LogP contribution in [0.5, 0.6) is 11.5 Å². The molecule has 0 aliphatic rings. The van der Waals surface area contributed by atoms with Crippen LogP contribution < -0.4 is 14.4 Å². The SMILES string of the molecule is CC[C@H](C)NC(=O)[C@@H](Cc1ccccc1)N(Cc1ccc(Cl)cc1Cl)C(=O)CN(c1ccc(Oc2ccccc2)cc1)S(=O)(=O)c1ccc(C)cc1. The number of sulfonamides is 1. The first-order valence-electron chi connectivity index (χ1n) is 16.9. The van der Waals surface area contributed by atoms with Crippen molar-refractivity contribution in [3.05, 3.63) is 154 Å². The molecule has 0 saturated heterocycles. The Kier molecular flexibility index (Phi) is 13.0. The Labute approximate surface area is 316 Å². The molecule has 11 heteroatoms. The normalized spacial score (nSPS) is 12.4. The number of carbonyl (C=O) groups is 2. The van der Waals surface area contributed by atoms with Crippen molar-refractivity contribution in [1.29, 1.82) is 0 Å². The van der Waals surface area contributed by atoms with Gasteiger partial charge >= 0.3 is 0 Å². The highest BCUT2D eigenvalue weighted by molar-refractivity contribution is 7.92. The zero-order valence-electron chi connectivity index (χ0n) is 29.2. The quantitative estimate of drug-likeness (QED) is 0.115. The molecule has 2 atom stereocenters. The summed E-state index contributed by atoms with van der Waals surface area (Å²) in [4.78, 5) is 30.3. The van der Waals surface area contributed by atoms with E-state index < -0.39 is 28.5 Å². The molecule has 0 aliphatic heterocycles. The monoisotopic (exact) mass is 757 g/mol. The largest absolute Gasteiger partial charge is 0.457 e. The number of rotatable bonds is 15. The third-order valence-electron chi connectivity index (χ3n) is 8.62. The summed E-state index contributed by atoms with van der Waals surface area (Å²) in [5.74, 6) is 0.127. The van der Waals surface area contributed by atoms with Gasteiger partial charge in [0, 0.05) is 29.1 Å². The smallest absolute Gasteiger partial charge is 0.264 e. The molecule has 270 valence electrons. The minimum absolute atomic E-state index is 0.0122. The fourth-order valence-electron chi connectivity index (χ4n) is 5.50. The van der Waals surface area contributed by atoms with Crippen molar-refractivity contribution in [2.45, 2.75) is 57.1 Å². The first-order valence-corrected chi connectivity index (χ1v) is 19.1. The van der Waals surface area contributed by atoms with E-state index in [0.29, 0.717) is 33.5 Å². The molecular weight excluding hydrogens is 717 g/mol. The molecule has 0 aliphatic carbocycles. The lowest BCUT2D eigenvalue weighted by Gasteiger charge is -2.34. The Morgan fingerprint density at radius 2 is 1.42 bits per heavy atom. The van der Waals surface area contributed by atoms with Crippen LogP contribution >= 0.6 is 23.2 Å². The topological polar surface area (TPSA) is 96.0 Å². The molecule has 2 amide bonds. The van der Waals surface area contributed by atoms with Crippen LogP contribution in [-0.4, -0.2) is 43.8 Å². The summed E-state index contributed by atoms with van der Waals surface area (Å²) < 4.78 is 35.8. The Morgan fingerprint density at radius 1 is 0.808 bits per heavy atom. The van der Waals surface area contributed by atoms with E-state index in [2.05, 4.69) is 5.32 Å². The average molecular weight is 759 g/mol. The molecule has 0 radical (unpaired) electrons. The number of halogens is 2. The maximum atomic E-state index is 14.8. The predicted molar refractivity (Wildman–Crippen MR) is 208 cm³/mol. The number of ether oxygens (including phenoxy) is 1. The number of amides is 2. The van der Waals surface area contributed by atoms with Gasteiger partial charge in [-0.05, 0) is 92.1 Å². The number of hydrogen-bond acceptors (Lipinski definition) is 5. The second kappa shape index (κ2) is 17.6. The minimum Gasteiger partial charge on any atom is -0.457 e. The van der Waals surface area contributed by atoms with Gasteiger partial charge in [-0.15, -0.1) is 0 Å². The van der Waals surface area contributed by atoms with Crippen LogP contribution in [0.2, 0.25) is 10.0 Å². The van der Waals surface area contributed by atoms with Crippen molar-refractivity contribution in [1.82, 2.24) is 10.2 Å². The lowest BCUT2D eigenvalue weighted by atomic mass is 10.0. The minimum atomic E-state index is -4.28. The Hall–Kier alpha value is -4.83. The van der Waals surface area contributed by atoms with Crippen LogP contribution in [0.3, 0.4) is 0 Å². The summed E-state index contributed by atoms with van der Waals surface area (Å²) in [5, 5.41) is 3.76. The van der Waals surface area contributed by atoms with E-state index in [0.717, 1.165) is 15.4 Å². The van der Waals surface area contributed by atoms with Crippen molar-refractivity contribution < 1.29 is 22.7 Å². The van der Waals surface area contributed by atoms with E-state index in [-0.39, 0.29) is 35.5 Å². The van der Waals surface area contributed by atoms with Gasteiger partial charge in [-0.25, -0.2) is 8.42 Å². The van der Waals surface area contributed by atoms with Gasteiger partial charge in [0.2, 0.25) is 11.8 Å². The van der Waals surface area contributed by atoms with Gasteiger partial charge in [0.05, 0.1) is 10.6 Å². The summed E-state index contributed by atoms with van der Waals surface area (Å²) in [6.07, 6.45) is 0.851. The highest BCUT2D eigenvalue weighted by Gasteiger charge is 2.35. The van der Waals surface area contributed by atoms with Crippen LogP contribution in [0, 0.1) is 6.92 Å². The molecule has 0 unspecified atom stereocenters. The van der Waals surface area contributed by atoms with Gasteiger partial charge < -0.3 is 15.0 Å². The van der Waals surface area contributed by atoms with Gasteiger partial charge in [0.15, 0.2) is 0 Å². The third-order valence-corrected chi connectivity index (χ3v) is 11.0. The molecule has 5 rings (SSSR count). The summed E-state index contributed by atoms with van der Waals surface area (Å²) >= 11 is 12.8. The fraction of sp³-hybridized carbons (Fsp3) is 0.220. The molecule has 1 N–H and O–H groups in total.